The van der Waals surface area contributed by atoms with E-state index in [9.17, 15) is 4.79 Å². The Morgan fingerprint density at radius 3 is 2.95 bits per heavy atom. The van der Waals surface area contributed by atoms with Crippen LogP contribution in [0.15, 0.2) is 30.3 Å². The largest absolute Gasteiger partial charge is 0.347 e. The van der Waals surface area contributed by atoms with Crippen molar-refractivity contribution >= 4 is 27.3 Å². The lowest BCUT2D eigenvalue weighted by Gasteiger charge is -2.20. The van der Waals surface area contributed by atoms with E-state index in [0.717, 1.165) is 16.7 Å². The van der Waals surface area contributed by atoms with Crippen molar-refractivity contribution in [1.29, 1.82) is 0 Å². The first-order chi connectivity index (χ1) is 9.29. The van der Waals surface area contributed by atoms with Crippen LogP contribution in [-0.2, 0) is 0 Å². The maximum atomic E-state index is 12.3. The number of hydrogen-bond donors (Lipinski definition) is 2. The number of hydrogen-bond acceptors (Lipinski definition) is 3. The molecule has 1 aromatic carbocycles. The van der Waals surface area contributed by atoms with Gasteiger partial charge in [-0.25, -0.2) is 0 Å². The highest BCUT2D eigenvalue weighted by molar-refractivity contribution is 7.20. The average Bonchev–Trinajstić information content (AvgIpc) is 3.12. The molecule has 19 heavy (non-hydrogen) atoms. The van der Waals surface area contributed by atoms with Crippen LogP contribution in [0, 0.1) is 0 Å². The number of benzene rings is 1. The molecule has 2 N–H and O–H groups in total. The number of rotatable bonds is 2. The quantitative estimate of drug-likeness (QED) is 0.882. The topological polar surface area (TPSA) is 41.1 Å². The average molecular weight is 272 g/mol. The zero-order valence-electron chi connectivity index (χ0n) is 10.6. The van der Waals surface area contributed by atoms with Gasteiger partial charge in [0.2, 0.25) is 0 Å². The Morgan fingerprint density at radius 1 is 1.32 bits per heavy atom. The molecule has 0 unspecified atom stereocenters. The van der Waals surface area contributed by atoms with Gasteiger partial charge in [0.15, 0.2) is 0 Å². The molecule has 98 valence electrons. The molecular weight excluding hydrogens is 256 g/mol. The van der Waals surface area contributed by atoms with Crippen LogP contribution < -0.4 is 10.6 Å². The molecule has 3 heterocycles. The van der Waals surface area contributed by atoms with Gasteiger partial charge in [0, 0.05) is 22.8 Å². The van der Waals surface area contributed by atoms with Crippen LogP contribution in [0.4, 0.5) is 0 Å². The SMILES string of the molecule is O=C(N[C@@H]1C[C@H]2CC[C@@H]1N2)c1cc2ccccc2s1. The molecule has 1 amide bonds. The molecule has 0 radical (unpaired) electrons. The van der Waals surface area contributed by atoms with Gasteiger partial charge in [0.1, 0.15) is 0 Å². The molecule has 4 heteroatoms. The number of carbonyl (C=O) groups excluding carboxylic acids is 1. The predicted octanol–water partition coefficient (Wildman–Crippen LogP) is 2.52. The van der Waals surface area contributed by atoms with Crippen LogP contribution in [-0.4, -0.2) is 24.0 Å². The standard InChI is InChI=1S/C15H16N2OS/c18-15(17-12-8-10-5-6-11(12)16-10)14-7-9-3-1-2-4-13(9)19-14/h1-4,7,10-12,16H,5-6,8H2,(H,17,18)/t10-,11+,12-/m1/s1. The summed E-state index contributed by atoms with van der Waals surface area (Å²) < 4.78 is 1.18. The molecule has 1 aromatic heterocycles. The minimum absolute atomic E-state index is 0.0838. The molecule has 2 fully saturated rings. The van der Waals surface area contributed by atoms with Crippen LogP contribution in [0.3, 0.4) is 0 Å². The van der Waals surface area contributed by atoms with Crippen molar-refractivity contribution in [3.8, 4) is 0 Å². The molecule has 3 atom stereocenters. The second-order valence-electron chi connectivity index (χ2n) is 5.51. The van der Waals surface area contributed by atoms with Gasteiger partial charge in [-0.2, -0.15) is 0 Å². The Morgan fingerprint density at radius 2 is 2.21 bits per heavy atom. The van der Waals surface area contributed by atoms with Crippen molar-refractivity contribution < 1.29 is 4.79 Å². The number of nitrogens with one attached hydrogen (secondary N) is 2. The molecule has 2 aliphatic heterocycles. The number of thiophene rings is 1. The summed E-state index contributed by atoms with van der Waals surface area (Å²) in [5, 5.41) is 7.90. The summed E-state index contributed by atoms with van der Waals surface area (Å²) in [7, 11) is 0. The summed E-state index contributed by atoms with van der Waals surface area (Å²) in [6.45, 7) is 0. The van der Waals surface area contributed by atoms with Gasteiger partial charge in [-0.1, -0.05) is 18.2 Å². The van der Waals surface area contributed by atoms with E-state index in [1.54, 1.807) is 11.3 Å². The van der Waals surface area contributed by atoms with Crippen molar-refractivity contribution in [2.45, 2.75) is 37.4 Å². The maximum Gasteiger partial charge on any atom is 0.261 e. The first-order valence-corrected chi connectivity index (χ1v) is 7.67. The van der Waals surface area contributed by atoms with E-state index in [4.69, 9.17) is 0 Å². The van der Waals surface area contributed by atoms with Crippen molar-refractivity contribution in [2.75, 3.05) is 0 Å². The molecule has 2 aliphatic rings. The van der Waals surface area contributed by atoms with Crippen molar-refractivity contribution in [3.63, 3.8) is 0 Å². The highest BCUT2D eigenvalue weighted by Crippen LogP contribution is 2.29. The fourth-order valence-corrected chi connectivity index (χ4v) is 4.28. The lowest BCUT2D eigenvalue weighted by molar-refractivity contribution is 0.0935. The van der Waals surface area contributed by atoms with E-state index in [1.807, 2.05) is 18.2 Å². The van der Waals surface area contributed by atoms with Crippen molar-refractivity contribution in [3.05, 3.63) is 35.2 Å². The summed E-state index contributed by atoms with van der Waals surface area (Å²) in [5.41, 5.74) is 0. The highest BCUT2D eigenvalue weighted by atomic mass is 32.1. The third-order valence-corrected chi connectivity index (χ3v) is 5.38. The van der Waals surface area contributed by atoms with Gasteiger partial charge < -0.3 is 10.6 Å². The summed E-state index contributed by atoms with van der Waals surface area (Å²) in [6, 6.07) is 11.6. The minimum Gasteiger partial charge on any atom is -0.347 e. The Hall–Kier alpha value is -1.39. The van der Waals surface area contributed by atoms with Gasteiger partial charge in [-0.05, 0) is 36.8 Å². The van der Waals surface area contributed by atoms with Gasteiger partial charge in [-0.15, -0.1) is 11.3 Å². The molecule has 4 rings (SSSR count). The fraction of sp³-hybridized carbons (Fsp3) is 0.400. The van der Waals surface area contributed by atoms with Crippen molar-refractivity contribution in [2.24, 2.45) is 0 Å². The number of amides is 1. The molecule has 0 aliphatic carbocycles. The van der Waals surface area contributed by atoms with E-state index in [1.165, 1.54) is 17.5 Å². The molecule has 0 spiro atoms. The Bertz CT molecular complexity index is 603. The smallest absolute Gasteiger partial charge is 0.261 e. The van der Waals surface area contributed by atoms with Gasteiger partial charge >= 0.3 is 0 Å². The first-order valence-electron chi connectivity index (χ1n) is 6.85. The van der Waals surface area contributed by atoms with E-state index in [-0.39, 0.29) is 5.91 Å². The maximum absolute atomic E-state index is 12.3. The van der Waals surface area contributed by atoms with Gasteiger partial charge in [0.05, 0.1) is 4.88 Å². The Balaban J connectivity index is 1.53. The molecule has 3 nitrogen and oxygen atoms in total. The van der Waals surface area contributed by atoms with Crippen LogP contribution in [0.5, 0.6) is 0 Å². The van der Waals surface area contributed by atoms with E-state index in [2.05, 4.69) is 22.8 Å². The lowest BCUT2D eigenvalue weighted by atomic mass is 9.95. The molecular formula is C15H16N2OS. The van der Waals surface area contributed by atoms with Crippen LogP contribution in [0.2, 0.25) is 0 Å². The molecule has 2 bridgehead atoms. The van der Waals surface area contributed by atoms with Crippen molar-refractivity contribution in [1.82, 2.24) is 10.6 Å². The summed E-state index contributed by atoms with van der Waals surface area (Å²) >= 11 is 1.58. The lowest BCUT2D eigenvalue weighted by Crippen LogP contribution is -2.42. The zero-order chi connectivity index (χ0) is 12.8. The first kappa shape index (κ1) is 11.4. The van der Waals surface area contributed by atoms with Crippen LogP contribution >= 0.6 is 11.3 Å². The Kier molecular flexibility index (Phi) is 2.60. The number of fused-ring (bicyclic) bond motifs is 3. The molecule has 2 aromatic rings. The fourth-order valence-electron chi connectivity index (χ4n) is 3.32. The summed E-state index contributed by atoms with van der Waals surface area (Å²) in [5.74, 6) is 0.0838. The highest BCUT2D eigenvalue weighted by Gasteiger charge is 2.39. The number of carbonyl (C=O) groups is 1. The second kappa shape index (κ2) is 4.32. The third kappa shape index (κ3) is 1.95. The van der Waals surface area contributed by atoms with E-state index >= 15 is 0 Å². The van der Waals surface area contributed by atoms with E-state index in [0.29, 0.717) is 18.1 Å². The second-order valence-corrected chi connectivity index (χ2v) is 6.60. The van der Waals surface area contributed by atoms with E-state index < -0.39 is 0 Å². The predicted molar refractivity (Wildman–Crippen MR) is 77.6 cm³/mol. The summed E-state index contributed by atoms with van der Waals surface area (Å²) in [4.78, 5) is 13.1. The van der Waals surface area contributed by atoms with Gasteiger partial charge in [0.25, 0.3) is 5.91 Å². The third-order valence-electron chi connectivity index (χ3n) is 4.27. The van der Waals surface area contributed by atoms with Crippen LogP contribution in [0.1, 0.15) is 28.9 Å². The summed E-state index contributed by atoms with van der Waals surface area (Å²) in [6.07, 6.45) is 3.54. The van der Waals surface area contributed by atoms with Gasteiger partial charge in [-0.3, -0.25) is 4.79 Å². The monoisotopic (exact) mass is 272 g/mol. The molecule has 2 saturated heterocycles. The van der Waals surface area contributed by atoms with Crippen LogP contribution in [0.25, 0.3) is 10.1 Å². The Labute approximate surface area is 116 Å². The zero-order valence-corrected chi connectivity index (χ0v) is 11.4. The molecule has 0 saturated carbocycles. The normalized spacial score (nSPS) is 28.9. The minimum atomic E-state index is 0.0838.